The molecule has 1 aliphatic carbocycles. The third-order valence-corrected chi connectivity index (χ3v) is 5.03. The quantitative estimate of drug-likeness (QED) is 0.847. The number of halogens is 3. The molecule has 3 N–H and O–H groups in total. The lowest BCUT2D eigenvalue weighted by Crippen LogP contribution is -2.45. The first kappa shape index (κ1) is 19.6. The fourth-order valence-corrected chi connectivity index (χ4v) is 3.73. The normalized spacial score (nSPS) is 25.8. The Morgan fingerprint density at radius 3 is 2.56 bits per heavy atom. The Kier molecular flexibility index (Phi) is 6.35. The van der Waals surface area contributed by atoms with Crippen molar-refractivity contribution in [2.24, 2.45) is 17.6 Å². The van der Waals surface area contributed by atoms with Crippen molar-refractivity contribution in [3.63, 3.8) is 0 Å². The second-order valence-corrected chi connectivity index (χ2v) is 6.44. The predicted octanol–water partition coefficient (Wildman–Crippen LogP) is 1.98. The molecule has 0 aromatic heterocycles. The summed E-state index contributed by atoms with van der Waals surface area (Å²) in [5.41, 5.74) is 5.34. The van der Waals surface area contributed by atoms with Crippen LogP contribution >= 0.6 is 12.4 Å². The van der Waals surface area contributed by atoms with E-state index >= 15 is 0 Å². The highest BCUT2D eigenvalue weighted by molar-refractivity contribution is 6.01. The number of para-hydroxylation sites is 1. The van der Waals surface area contributed by atoms with Crippen molar-refractivity contribution in [1.29, 1.82) is 0 Å². The van der Waals surface area contributed by atoms with Crippen LogP contribution < -0.4 is 16.0 Å². The SMILES string of the molecule is Cl.NC[C@H]1CCC[C@H]1C(=O)NC1CCN(c2c(F)cccc2F)C1=O. The number of hydrogen-bond acceptors (Lipinski definition) is 3. The minimum atomic E-state index is -0.783. The van der Waals surface area contributed by atoms with E-state index in [1.165, 1.54) is 6.07 Å². The third-order valence-electron chi connectivity index (χ3n) is 5.03. The summed E-state index contributed by atoms with van der Waals surface area (Å²) in [6, 6.07) is 2.74. The summed E-state index contributed by atoms with van der Waals surface area (Å²) in [5.74, 6) is -2.26. The van der Waals surface area contributed by atoms with E-state index in [4.69, 9.17) is 5.73 Å². The lowest BCUT2D eigenvalue weighted by atomic mass is 9.95. The van der Waals surface area contributed by atoms with Gasteiger partial charge in [0.05, 0.1) is 0 Å². The molecule has 2 amide bonds. The van der Waals surface area contributed by atoms with Crippen molar-refractivity contribution in [1.82, 2.24) is 5.32 Å². The number of carbonyl (C=O) groups is 2. The van der Waals surface area contributed by atoms with Crippen molar-refractivity contribution >= 4 is 29.9 Å². The number of amides is 2. The van der Waals surface area contributed by atoms with E-state index in [0.29, 0.717) is 13.0 Å². The van der Waals surface area contributed by atoms with Crippen molar-refractivity contribution in [3.8, 4) is 0 Å². The summed E-state index contributed by atoms with van der Waals surface area (Å²) >= 11 is 0. The molecule has 0 radical (unpaired) electrons. The van der Waals surface area contributed by atoms with Crippen LogP contribution in [0.1, 0.15) is 25.7 Å². The maximum atomic E-state index is 13.9. The highest BCUT2D eigenvalue weighted by Gasteiger charge is 2.39. The number of nitrogens with one attached hydrogen (secondary N) is 1. The van der Waals surface area contributed by atoms with Crippen molar-refractivity contribution < 1.29 is 18.4 Å². The van der Waals surface area contributed by atoms with E-state index in [1.54, 1.807) is 0 Å². The smallest absolute Gasteiger partial charge is 0.249 e. The third kappa shape index (κ3) is 3.77. The molecule has 3 rings (SSSR count). The van der Waals surface area contributed by atoms with Crippen molar-refractivity contribution in [2.75, 3.05) is 18.0 Å². The van der Waals surface area contributed by atoms with Crippen LogP contribution in [-0.2, 0) is 9.59 Å². The molecule has 8 heteroatoms. The molecule has 3 atom stereocenters. The first-order valence-corrected chi connectivity index (χ1v) is 8.28. The van der Waals surface area contributed by atoms with Gasteiger partial charge in [-0.2, -0.15) is 0 Å². The molecule has 2 aliphatic rings. The number of nitrogens with zero attached hydrogens (tertiary/aromatic N) is 1. The molecule has 5 nitrogen and oxygen atoms in total. The summed E-state index contributed by atoms with van der Waals surface area (Å²) in [7, 11) is 0. The summed E-state index contributed by atoms with van der Waals surface area (Å²) in [6.45, 7) is 0.621. The van der Waals surface area contributed by atoms with E-state index in [2.05, 4.69) is 5.32 Å². The second kappa shape index (κ2) is 8.10. The lowest BCUT2D eigenvalue weighted by molar-refractivity contribution is -0.129. The number of carbonyl (C=O) groups excluding carboxylic acids is 2. The van der Waals surface area contributed by atoms with Gasteiger partial charge in [0.15, 0.2) is 0 Å². The van der Waals surface area contributed by atoms with Crippen molar-refractivity contribution in [3.05, 3.63) is 29.8 Å². The largest absolute Gasteiger partial charge is 0.344 e. The van der Waals surface area contributed by atoms with Gasteiger partial charge >= 0.3 is 0 Å². The van der Waals surface area contributed by atoms with Crippen LogP contribution in [0.15, 0.2) is 18.2 Å². The molecule has 0 bridgehead atoms. The molecule has 1 heterocycles. The van der Waals surface area contributed by atoms with Gasteiger partial charge in [-0.15, -0.1) is 12.4 Å². The van der Waals surface area contributed by atoms with Crippen LogP contribution in [-0.4, -0.2) is 30.9 Å². The minimum Gasteiger partial charge on any atom is -0.344 e. The van der Waals surface area contributed by atoms with Gasteiger partial charge in [0.2, 0.25) is 11.8 Å². The topological polar surface area (TPSA) is 75.4 Å². The molecule has 1 saturated carbocycles. The van der Waals surface area contributed by atoms with Crippen LogP contribution in [0.25, 0.3) is 0 Å². The Balaban J connectivity index is 0.00000225. The van der Waals surface area contributed by atoms with Crippen LogP contribution in [0.5, 0.6) is 0 Å². The van der Waals surface area contributed by atoms with Crippen LogP contribution in [0.2, 0.25) is 0 Å². The molecular formula is C17H22ClF2N3O2. The Morgan fingerprint density at radius 1 is 1.24 bits per heavy atom. The molecule has 1 aromatic carbocycles. The summed E-state index contributed by atoms with van der Waals surface area (Å²) in [6.07, 6.45) is 2.96. The fourth-order valence-electron chi connectivity index (χ4n) is 3.73. The maximum absolute atomic E-state index is 13.9. The predicted molar refractivity (Wildman–Crippen MR) is 92.4 cm³/mol. The molecule has 1 saturated heterocycles. The zero-order valence-corrected chi connectivity index (χ0v) is 14.5. The number of hydrogen-bond donors (Lipinski definition) is 2. The van der Waals surface area contributed by atoms with Gasteiger partial charge in [-0.1, -0.05) is 12.5 Å². The maximum Gasteiger partial charge on any atom is 0.249 e. The summed E-state index contributed by atoms with van der Waals surface area (Å²) in [5, 5.41) is 2.74. The lowest BCUT2D eigenvalue weighted by Gasteiger charge is -2.21. The summed E-state index contributed by atoms with van der Waals surface area (Å²) < 4.78 is 27.7. The Labute approximate surface area is 151 Å². The van der Waals surface area contributed by atoms with Crippen LogP contribution in [0.4, 0.5) is 14.5 Å². The van der Waals surface area contributed by atoms with E-state index in [0.717, 1.165) is 36.3 Å². The van der Waals surface area contributed by atoms with Gasteiger partial charge in [-0.25, -0.2) is 8.78 Å². The van der Waals surface area contributed by atoms with E-state index < -0.39 is 23.6 Å². The fraction of sp³-hybridized carbons (Fsp3) is 0.529. The average Bonchev–Trinajstić information content (AvgIpc) is 3.16. The molecule has 25 heavy (non-hydrogen) atoms. The number of rotatable bonds is 4. The van der Waals surface area contributed by atoms with Gasteiger partial charge in [0.1, 0.15) is 23.4 Å². The second-order valence-electron chi connectivity index (χ2n) is 6.44. The van der Waals surface area contributed by atoms with Gasteiger partial charge in [0.25, 0.3) is 0 Å². The molecule has 0 spiro atoms. The molecular weight excluding hydrogens is 352 g/mol. The van der Waals surface area contributed by atoms with Crippen molar-refractivity contribution in [2.45, 2.75) is 31.7 Å². The van der Waals surface area contributed by atoms with E-state index in [-0.39, 0.29) is 42.4 Å². The Hall–Kier alpha value is -1.73. The van der Waals surface area contributed by atoms with E-state index in [1.807, 2.05) is 0 Å². The zero-order chi connectivity index (χ0) is 17.3. The Morgan fingerprint density at radius 2 is 1.92 bits per heavy atom. The number of benzene rings is 1. The van der Waals surface area contributed by atoms with Gasteiger partial charge in [0, 0.05) is 12.5 Å². The molecule has 1 aliphatic heterocycles. The highest BCUT2D eigenvalue weighted by Crippen LogP contribution is 2.32. The monoisotopic (exact) mass is 373 g/mol. The number of nitrogens with two attached hydrogens (primary N) is 1. The van der Waals surface area contributed by atoms with Crippen LogP contribution in [0, 0.1) is 23.5 Å². The minimum absolute atomic E-state index is 0. The summed E-state index contributed by atoms with van der Waals surface area (Å²) in [4.78, 5) is 25.9. The molecule has 2 fully saturated rings. The first-order valence-electron chi connectivity index (χ1n) is 8.28. The Bertz CT molecular complexity index is 639. The van der Waals surface area contributed by atoms with Gasteiger partial charge in [-0.3, -0.25) is 9.59 Å². The zero-order valence-electron chi connectivity index (χ0n) is 13.7. The number of anilines is 1. The molecule has 1 aromatic rings. The van der Waals surface area contributed by atoms with E-state index in [9.17, 15) is 18.4 Å². The molecule has 1 unspecified atom stereocenters. The van der Waals surface area contributed by atoms with Gasteiger partial charge < -0.3 is 16.0 Å². The standard InChI is InChI=1S/C17H21F2N3O2.ClH/c18-12-5-2-6-13(19)15(12)22-8-7-14(17(22)24)21-16(23)11-4-1-3-10(11)9-20;/h2,5-6,10-11,14H,1,3-4,7-9,20H2,(H,21,23);1H/t10-,11-,14?;/m1./s1. The molecule has 138 valence electrons. The first-order chi connectivity index (χ1) is 11.5. The van der Waals surface area contributed by atoms with Gasteiger partial charge in [-0.05, 0) is 43.9 Å². The highest BCUT2D eigenvalue weighted by atomic mass is 35.5. The van der Waals surface area contributed by atoms with Crippen LogP contribution in [0.3, 0.4) is 0 Å². The average molecular weight is 374 g/mol.